The maximum atomic E-state index is 13.6. The Bertz CT molecular complexity index is 662. The van der Waals surface area contributed by atoms with Crippen molar-refractivity contribution in [3.8, 4) is 0 Å². The van der Waals surface area contributed by atoms with Crippen molar-refractivity contribution in [2.75, 3.05) is 5.32 Å². The molecule has 0 bridgehead atoms. The molecule has 0 saturated carbocycles. The third-order valence-corrected chi connectivity index (χ3v) is 3.14. The number of non-ortho nitro benzene ring substituents is 1. The number of benzene rings is 2. The normalized spacial score (nSPS) is 10.3. The summed E-state index contributed by atoms with van der Waals surface area (Å²) in [6, 6.07) is 8.79. The number of halogens is 2. The van der Waals surface area contributed by atoms with E-state index in [1.54, 1.807) is 6.07 Å². The van der Waals surface area contributed by atoms with Crippen LogP contribution in [0, 0.1) is 22.9 Å². The molecule has 6 heteroatoms. The van der Waals surface area contributed by atoms with Gasteiger partial charge in [-0.1, -0.05) is 17.7 Å². The highest BCUT2D eigenvalue weighted by molar-refractivity contribution is 6.30. The van der Waals surface area contributed by atoms with Crippen molar-refractivity contribution in [3.63, 3.8) is 0 Å². The molecule has 0 saturated heterocycles. The van der Waals surface area contributed by atoms with Crippen LogP contribution in [0.1, 0.15) is 11.1 Å². The Balaban J connectivity index is 2.20. The Morgan fingerprint density at radius 2 is 2.05 bits per heavy atom. The average Bonchev–Trinajstić information content (AvgIpc) is 2.41. The first kappa shape index (κ1) is 14.3. The van der Waals surface area contributed by atoms with Gasteiger partial charge in [0.1, 0.15) is 5.82 Å². The van der Waals surface area contributed by atoms with Crippen molar-refractivity contribution in [2.45, 2.75) is 13.5 Å². The summed E-state index contributed by atoms with van der Waals surface area (Å²) in [5.41, 5.74) is 1.84. The second kappa shape index (κ2) is 5.88. The van der Waals surface area contributed by atoms with Crippen LogP contribution in [0.3, 0.4) is 0 Å². The van der Waals surface area contributed by atoms with E-state index in [0.717, 1.165) is 5.56 Å². The Morgan fingerprint density at radius 1 is 1.30 bits per heavy atom. The number of aryl methyl sites for hydroxylation is 1. The highest BCUT2D eigenvalue weighted by Crippen LogP contribution is 2.23. The van der Waals surface area contributed by atoms with Gasteiger partial charge in [-0.3, -0.25) is 10.1 Å². The van der Waals surface area contributed by atoms with Crippen molar-refractivity contribution in [3.05, 3.63) is 68.5 Å². The van der Waals surface area contributed by atoms with Gasteiger partial charge in [0.25, 0.3) is 5.69 Å². The fourth-order valence-electron chi connectivity index (χ4n) is 1.78. The maximum absolute atomic E-state index is 13.6. The first-order valence-electron chi connectivity index (χ1n) is 5.90. The minimum atomic E-state index is -0.468. The zero-order chi connectivity index (χ0) is 14.7. The monoisotopic (exact) mass is 294 g/mol. The number of hydrogen-bond acceptors (Lipinski definition) is 3. The van der Waals surface area contributed by atoms with Gasteiger partial charge in [0.15, 0.2) is 0 Å². The van der Waals surface area contributed by atoms with Gasteiger partial charge in [0, 0.05) is 35.0 Å². The fourth-order valence-corrected chi connectivity index (χ4v) is 1.98. The highest BCUT2D eigenvalue weighted by atomic mass is 35.5. The standard InChI is InChI=1S/C14H12ClFN2O2/c1-9-2-4-12(18(19)20)7-14(9)17-8-10-6-11(15)3-5-13(10)16/h2-7,17H,8H2,1H3. The molecule has 2 aromatic rings. The number of nitro groups is 1. The summed E-state index contributed by atoms with van der Waals surface area (Å²) in [5.74, 6) is -0.370. The number of nitro benzene ring substituents is 1. The Kier molecular flexibility index (Phi) is 4.20. The molecule has 0 aliphatic rings. The molecule has 0 aliphatic carbocycles. The Morgan fingerprint density at radius 3 is 2.75 bits per heavy atom. The second-order valence-electron chi connectivity index (χ2n) is 4.35. The zero-order valence-electron chi connectivity index (χ0n) is 10.7. The van der Waals surface area contributed by atoms with Gasteiger partial charge in [0.2, 0.25) is 0 Å². The molecular weight excluding hydrogens is 283 g/mol. The number of nitrogens with one attached hydrogen (secondary N) is 1. The van der Waals surface area contributed by atoms with Crippen molar-refractivity contribution in [2.24, 2.45) is 0 Å². The molecule has 104 valence electrons. The summed E-state index contributed by atoms with van der Waals surface area (Å²) >= 11 is 5.81. The number of anilines is 1. The molecule has 2 rings (SSSR count). The van der Waals surface area contributed by atoms with E-state index in [0.29, 0.717) is 16.3 Å². The molecule has 0 amide bonds. The van der Waals surface area contributed by atoms with Crippen LogP contribution in [0.25, 0.3) is 0 Å². The van der Waals surface area contributed by atoms with E-state index in [-0.39, 0.29) is 18.0 Å². The van der Waals surface area contributed by atoms with Crippen LogP contribution in [0.5, 0.6) is 0 Å². The Hall–Kier alpha value is -2.14. The minimum Gasteiger partial charge on any atom is -0.380 e. The topological polar surface area (TPSA) is 55.2 Å². The van der Waals surface area contributed by atoms with Crippen LogP contribution < -0.4 is 5.32 Å². The molecule has 0 aromatic heterocycles. The number of rotatable bonds is 4. The van der Waals surface area contributed by atoms with E-state index in [9.17, 15) is 14.5 Å². The van der Waals surface area contributed by atoms with E-state index >= 15 is 0 Å². The van der Waals surface area contributed by atoms with E-state index in [1.165, 1.54) is 30.3 Å². The van der Waals surface area contributed by atoms with Crippen LogP contribution in [-0.4, -0.2) is 4.92 Å². The van der Waals surface area contributed by atoms with Gasteiger partial charge in [-0.25, -0.2) is 4.39 Å². The van der Waals surface area contributed by atoms with Crippen molar-refractivity contribution >= 4 is 23.0 Å². The Labute approximate surface area is 120 Å². The molecule has 0 unspecified atom stereocenters. The van der Waals surface area contributed by atoms with Crippen LogP contribution in [0.15, 0.2) is 36.4 Å². The molecule has 0 spiro atoms. The first-order chi connectivity index (χ1) is 9.47. The predicted octanol–water partition coefficient (Wildman–Crippen LogP) is 4.31. The average molecular weight is 295 g/mol. The van der Waals surface area contributed by atoms with E-state index in [1.807, 2.05) is 6.92 Å². The number of hydrogen-bond donors (Lipinski definition) is 1. The SMILES string of the molecule is Cc1ccc([N+](=O)[O-])cc1NCc1cc(Cl)ccc1F. The van der Waals surface area contributed by atoms with Crippen LogP contribution in [-0.2, 0) is 6.54 Å². The molecule has 0 aliphatic heterocycles. The summed E-state index contributed by atoms with van der Waals surface area (Å²) in [6.45, 7) is 2.02. The van der Waals surface area contributed by atoms with E-state index < -0.39 is 4.92 Å². The van der Waals surface area contributed by atoms with Crippen LogP contribution in [0.4, 0.5) is 15.8 Å². The zero-order valence-corrected chi connectivity index (χ0v) is 11.4. The fraction of sp³-hybridized carbons (Fsp3) is 0.143. The second-order valence-corrected chi connectivity index (χ2v) is 4.78. The molecule has 1 N–H and O–H groups in total. The summed E-state index contributed by atoms with van der Waals surface area (Å²) in [7, 11) is 0. The highest BCUT2D eigenvalue weighted by Gasteiger charge is 2.09. The molecule has 0 fully saturated rings. The first-order valence-corrected chi connectivity index (χ1v) is 6.28. The van der Waals surface area contributed by atoms with Gasteiger partial charge < -0.3 is 5.32 Å². The molecule has 0 radical (unpaired) electrons. The summed E-state index contributed by atoms with van der Waals surface area (Å²) in [6.07, 6.45) is 0. The molecule has 2 aromatic carbocycles. The van der Waals surface area contributed by atoms with E-state index in [4.69, 9.17) is 11.6 Å². The van der Waals surface area contributed by atoms with Crippen molar-refractivity contribution < 1.29 is 9.31 Å². The quantitative estimate of drug-likeness (QED) is 0.675. The lowest BCUT2D eigenvalue weighted by Crippen LogP contribution is -2.03. The van der Waals surface area contributed by atoms with Crippen molar-refractivity contribution in [1.82, 2.24) is 0 Å². The van der Waals surface area contributed by atoms with E-state index in [2.05, 4.69) is 5.32 Å². The molecule has 0 heterocycles. The lowest BCUT2D eigenvalue weighted by molar-refractivity contribution is -0.384. The van der Waals surface area contributed by atoms with Gasteiger partial charge in [0.05, 0.1) is 4.92 Å². The predicted molar refractivity (Wildman–Crippen MR) is 76.6 cm³/mol. The van der Waals surface area contributed by atoms with Crippen LogP contribution in [0.2, 0.25) is 5.02 Å². The third-order valence-electron chi connectivity index (χ3n) is 2.91. The lowest BCUT2D eigenvalue weighted by atomic mass is 10.1. The van der Waals surface area contributed by atoms with Gasteiger partial charge in [-0.15, -0.1) is 0 Å². The van der Waals surface area contributed by atoms with Crippen molar-refractivity contribution in [1.29, 1.82) is 0 Å². The molecule has 0 atom stereocenters. The molecular formula is C14H12ClFN2O2. The maximum Gasteiger partial charge on any atom is 0.271 e. The van der Waals surface area contributed by atoms with Gasteiger partial charge in [-0.05, 0) is 30.7 Å². The smallest absolute Gasteiger partial charge is 0.271 e. The summed E-state index contributed by atoms with van der Waals surface area (Å²) < 4.78 is 13.6. The van der Waals surface area contributed by atoms with Gasteiger partial charge >= 0.3 is 0 Å². The van der Waals surface area contributed by atoms with Gasteiger partial charge in [-0.2, -0.15) is 0 Å². The summed E-state index contributed by atoms with van der Waals surface area (Å²) in [4.78, 5) is 10.3. The number of nitrogens with zero attached hydrogens (tertiary/aromatic N) is 1. The third kappa shape index (κ3) is 3.24. The van der Waals surface area contributed by atoms with Crippen LogP contribution >= 0.6 is 11.6 Å². The molecule has 4 nitrogen and oxygen atoms in total. The summed E-state index contributed by atoms with van der Waals surface area (Å²) in [5, 5.41) is 14.2. The lowest BCUT2D eigenvalue weighted by Gasteiger charge is -2.10. The molecule has 20 heavy (non-hydrogen) atoms. The minimum absolute atomic E-state index is 0.00957. The largest absolute Gasteiger partial charge is 0.380 e.